The quantitative estimate of drug-likeness (QED) is 0.358. The van der Waals surface area contributed by atoms with Gasteiger partial charge in [-0.25, -0.2) is 14.4 Å². The zero-order valence-electron chi connectivity index (χ0n) is 18.4. The number of carbonyl (C=O) groups is 2. The van der Waals surface area contributed by atoms with Crippen LogP contribution in [-0.4, -0.2) is 51.8 Å². The van der Waals surface area contributed by atoms with E-state index in [1.807, 2.05) is 0 Å². The van der Waals surface area contributed by atoms with Crippen molar-refractivity contribution in [2.75, 3.05) is 29.7 Å². The molecule has 35 heavy (non-hydrogen) atoms. The molecule has 4 rings (SSSR count). The van der Waals surface area contributed by atoms with Crippen molar-refractivity contribution in [2.24, 2.45) is 0 Å². The van der Waals surface area contributed by atoms with E-state index in [0.29, 0.717) is 53.2 Å². The molecule has 1 atom stereocenters. The Labute approximate surface area is 210 Å². The molecule has 0 unspecified atom stereocenters. The van der Waals surface area contributed by atoms with Crippen molar-refractivity contribution in [2.45, 2.75) is 18.9 Å². The number of nitrogens with zero attached hydrogens (tertiary/aromatic N) is 3. The number of hydrogen-bond acceptors (Lipinski definition) is 6. The van der Waals surface area contributed by atoms with Gasteiger partial charge >= 0.3 is 0 Å². The van der Waals surface area contributed by atoms with Crippen LogP contribution in [0.2, 0.25) is 5.02 Å². The number of ether oxygens (including phenoxy) is 1. The summed E-state index contributed by atoms with van der Waals surface area (Å²) in [6.07, 6.45) is 7.91. The number of rotatable bonds is 7. The van der Waals surface area contributed by atoms with Crippen LogP contribution in [0.1, 0.15) is 12.8 Å². The fraction of sp³-hybridized carbons (Fsp3) is 0.250. The van der Waals surface area contributed by atoms with Gasteiger partial charge in [0.25, 0.3) is 0 Å². The lowest BCUT2D eigenvalue weighted by Crippen LogP contribution is -2.43. The molecule has 2 aromatic carbocycles. The molecule has 0 saturated carbocycles. The second kappa shape index (κ2) is 10.8. The first-order chi connectivity index (χ1) is 16.9. The number of amides is 2. The number of terminal acetylenes is 1. The first kappa shape index (κ1) is 24.5. The summed E-state index contributed by atoms with van der Waals surface area (Å²) >= 11 is 11.6. The molecule has 2 N–H and O–H groups in total. The summed E-state index contributed by atoms with van der Waals surface area (Å²) in [6, 6.07) is 6.81. The molecular weight excluding hydrogens is 496 g/mol. The Balaban J connectivity index is 1.69. The van der Waals surface area contributed by atoms with Crippen LogP contribution in [0.3, 0.4) is 0 Å². The van der Waals surface area contributed by atoms with E-state index in [-0.39, 0.29) is 29.3 Å². The Morgan fingerprint density at radius 2 is 2.11 bits per heavy atom. The van der Waals surface area contributed by atoms with Gasteiger partial charge in [0, 0.05) is 23.7 Å². The molecule has 180 valence electrons. The number of aromatic nitrogens is 2. The van der Waals surface area contributed by atoms with E-state index in [0.717, 1.165) is 0 Å². The van der Waals surface area contributed by atoms with Crippen LogP contribution in [0.15, 0.2) is 36.7 Å². The highest BCUT2D eigenvalue weighted by molar-refractivity contribution is 6.31. The SMILES string of the molecule is C#CCOc1cc2ncnc(Nc3ccc(F)c(Cl)c3)c2cc1NC(=O)[C@H]1CCCN1C(=O)CCl. The largest absolute Gasteiger partial charge is 0.479 e. The number of hydrogen-bond donors (Lipinski definition) is 2. The lowest BCUT2D eigenvalue weighted by molar-refractivity contribution is -0.134. The minimum atomic E-state index is -0.650. The van der Waals surface area contributed by atoms with Gasteiger partial charge in [-0.15, -0.1) is 18.0 Å². The second-order valence-electron chi connectivity index (χ2n) is 7.70. The zero-order chi connectivity index (χ0) is 24.9. The van der Waals surface area contributed by atoms with E-state index in [2.05, 4.69) is 26.5 Å². The third kappa shape index (κ3) is 5.39. The van der Waals surface area contributed by atoms with Gasteiger partial charge in [-0.3, -0.25) is 9.59 Å². The molecule has 8 nitrogen and oxygen atoms in total. The van der Waals surface area contributed by atoms with Gasteiger partial charge in [0.2, 0.25) is 11.8 Å². The van der Waals surface area contributed by atoms with Crippen molar-refractivity contribution < 1.29 is 18.7 Å². The second-order valence-corrected chi connectivity index (χ2v) is 8.38. The Kier molecular flexibility index (Phi) is 7.54. The molecule has 1 aliphatic heterocycles. The van der Waals surface area contributed by atoms with Gasteiger partial charge in [-0.1, -0.05) is 17.5 Å². The van der Waals surface area contributed by atoms with Crippen LogP contribution >= 0.6 is 23.2 Å². The molecule has 3 aromatic rings. The summed E-state index contributed by atoms with van der Waals surface area (Å²) < 4.78 is 19.2. The van der Waals surface area contributed by atoms with Gasteiger partial charge in [0.15, 0.2) is 0 Å². The molecule has 1 saturated heterocycles. The van der Waals surface area contributed by atoms with Crippen molar-refractivity contribution in [3.63, 3.8) is 0 Å². The predicted molar refractivity (Wildman–Crippen MR) is 133 cm³/mol. The van der Waals surface area contributed by atoms with Crippen molar-refractivity contribution in [3.8, 4) is 18.1 Å². The van der Waals surface area contributed by atoms with Crippen LogP contribution in [-0.2, 0) is 9.59 Å². The number of likely N-dealkylation sites (tertiary alicyclic amines) is 1. The van der Waals surface area contributed by atoms with Crippen LogP contribution < -0.4 is 15.4 Å². The molecule has 2 amide bonds. The maximum absolute atomic E-state index is 13.6. The fourth-order valence-electron chi connectivity index (χ4n) is 3.86. The van der Waals surface area contributed by atoms with Gasteiger partial charge in [0.05, 0.1) is 16.2 Å². The lowest BCUT2D eigenvalue weighted by Gasteiger charge is -2.23. The van der Waals surface area contributed by atoms with Crippen molar-refractivity contribution in [1.29, 1.82) is 0 Å². The molecule has 1 fully saturated rings. The smallest absolute Gasteiger partial charge is 0.247 e. The zero-order valence-corrected chi connectivity index (χ0v) is 19.9. The van der Waals surface area contributed by atoms with Crippen molar-refractivity contribution in [1.82, 2.24) is 14.9 Å². The van der Waals surface area contributed by atoms with Crippen LogP contribution in [0, 0.1) is 18.2 Å². The van der Waals surface area contributed by atoms with E-state index in [1.54, 1.807) is 12.1 Å². The Morgan fingerprint density at radius 3 is 2.86 bits per heavy atom. The number of halogens is 3. The average molecular weight is 516 g/mol. The summed E-state index contributed by atoms with van der Waals surface area (Å²) in [5, 5.41) is 6.44. The van der Waals surface area contributed by atoms with Gasteiger partial charge in [0.1, 0.15) is 42.2 Å². The van der Waals surface area contributed by atoms with Crippen molar-refractivity contribution in [3.05, 3.63) is 47.5 Å². The maximum atomic E-state index is 13.6. The summed E-state index contributed by atoms with van der Waals surface area (Å²) in [4.78, 5) is 35.3. The van der Waals surface area contributed by atoms with E-state index in [4.69, 9.17) is 34.4 Å². The maximum Gasteiger partial charge on any atom is 0.247 e. The van der Waals surface area contributed by atoms with E-state index >= 15 is 0 Å². The Bertz CT molecular complexity index is 1330. The number of carbonyl (C=O) groups excluding carboxylic acids is 2. The van der Waals surface area contributed by atoms with Gasteiger partial charge in [-0.05, 0) is 37.1 Å². The van der Waals surface area contributed by atoms with Crippen molar-refractivity contribution >= 4 is 63.1 Å². The van der Waals surface area contributed by atoms with Gasteiger partial charge < -0.3 is 20.3 Å². The first-order valence-electron chi connectivity index (χ1n) is 10.6. The summed E-state index contributed by atoms with van der Waals surface area (Å²) in [6.45, 7) is 0.433. The summed E-state index contributed by atoms with van der Waals surface area (Å²) in [7, 11) is 0. The molecule has 0 aliphatic carbocycles. The third-order valence-electron chi connectivity index (χ3n) is 5.48. The Hall–Kier alpha value is -3.61. The monoisotopic (exact) mass is 515 g/mol. The molecular formula is C24H20Cl2FN5O3. The first-order valence-corrected chi connectivity index (χ1v) is 11.6. The minimum absolute atomic E-state index is 0.0288. The average Bonchev–Trinajstić information content (AvgIpc) is 3.35. The Morgan fingerprint density at radius 1 is 1.29 bits per heavy atom. The number of alkyl halides is 1. The third-order valence-corrected chi connectivity index (χ3v) is 6.00. The van der Waals surface area contributed by atoms with Crippen LogP contribution in [0.5, 0.6) is 5.75 Å². The molecule has 0 bridgehead atoms. The molecule has 11 heteroatoms. The van der Waals surface area contributed by atoms with E-state index in [9.17, 15) is 14.0 Å². The van der Waals surface area contributed by atoms with Crippen LogP contribution in [0.4, 0.5) is 21.6 Å². The molecule has 1 aliphatic rings. The molecule has 2 heterocycles. The number of nitrogens with one attached hydrogen (secondary N) is 2. The van der Waals surface area contributed by atoms with E-state index < -0.39 is 11.9 Å². The summed E-state index contributed by atoms with van der Waals surface area (Å²) in [5.41, 5.74) is 1.36. The normalized spacial score (nSPS) is 15.0. The number of fused-ring (bicyclic) bond motifs is 1. The molecule has 1 aromatic heterocycles. The van der Waals surface area contributed by atoms with E-state index in [1.165, 1.54) is 29.4 Å². The summed E-state index contributed by atoms with van der Waals surface area (Å²) in [5.74, 6) is 1.69. The lowest BCUT2D eigenvalue weighted by atomic mass is 10.1. The standard InChI is InChI=1S/C24H20Cl2FN5O3/c1-2-8-35-21-11-18-15(23(29-13-28-18)30-14-5-6-17(27)16(26)9-14)10-19(21)31-24(34)20-4-3-7-32(20)22(33)12-25/h1,5-6,9-11,13,20H,3-4,7-8,12H2,(H,31,34)(H,28,29,30)/t20-/m1/s1. The van der Waals surface area contributed by atoms with Crippen LogP contribution in [0.25, 0.3) is 10.9 Å². The highest BCUT2D eigenvalue weighted by Gasteiger charge is 2.34. The molecule has 0 radical (unpaired) electrons. The van der Waals surface area contributed by atoms with Gasteiger partial charge in [-0.2, -0.15) is 0 Å². The number of benzene rings is 2. The predicted octanol–water partition coefficient (Wildman–Crippen LogP) is 4.35. The molecule has 0 spiro atoms. The number of anilines is 3. The highest BCUT2D eigenvalue weighted by Crippen LogP contribution is 2.34. The fourth-order valence-corrected chi connectivity index (χ4v) is 4.20. The highest BCUT2D eigenvalue weighted by atomic mass is 35.5. The minimum Gasteiger partial charge on any atom is -0.479 e. The topological polar surface area (TPSA) is 96.5 Å².